The van der Waals surface area contributed by atoms with Gasteiger partial charge in [-0.05, 0) is 61.7 Å². The van der Waals surface area contributed by atoms with E-state index in [0.29, 0.717) is 16.4 Å². The average Bonchev–Trinajstić information content (AvgIpc) is 3.20. The third-order valence-electron chi connectivity index (χ3n) is 3.60. The molecule has 3 heterocycles. The first-order valence-electron chi connectivity index (χ1n) is 7.43. The third-order valence-corrected chi connectivity index (χ3v) is 7.52. The Bertz CT molecular complexity index is 904. The number of hydrogen-bond acceptors (Lipinski definition) is 6. The van der Waals surface area contributed by atoms with Crippen molar-refractivity contribution in [2.75, 3.05) is 0 Å². The fourth-order valence-electron chi connectivity index (χ4n) is 2.56. The van der Waals surface area contributed by atoms with Crippen molar-refractivity contribution in [3.63, 3.8) is 0 Å². The molecule has 0 saturated heterocycles. The van der Waals surface area contributed by atoms with Crippen LogP contribution in [-0.4, -0.2) is 19.6 Å². The highest BCUT2D eigenvalue weighted by Gasteiger charge is 2.22. The molecule has 0 aromatic carbocycles. The zero-order valence-corrected chi connectivity index (χ0v) is 16.0. The van der Waals surface area contributed by atoms with Gasteiger partial charge in [0.15, 0.2) is 0 Å². The van der Waals surface area contributed by atoms with Crippen molar-refractivity contribution < 1.29 is 12.9 Å². The van der Waals surface area contributed by atoms with Crippen LogP contribution in [0.2, 0.25) is 0 Å². The lowest BCUT2D eigenvalue weighted by Crippen LogP contribution is -2.33. The summed E-state index contributed by atoms with van der Waals surface area (Å²) < 4.78 is 33.4. The van der Waals surface area contributed by atoms with Crippen molar-refractivity contribution in [3.8, 4) is 10.4 Å². The van der Waals surface area contributed by atoms with Crippen LogP contribution in [0, 0.1) is 13.8 Å². The molecular weight excluding hydrogens is 364 g/mol. The molecule has 0 bridgehead atoms. The molecule has 0 aliphatic carbocycles. The monoisotopic (exact) mass is 382 g/mol. The Morgan fingerprint density at radius 3 is 2.71 bits per heavy atom. The van der Waals surface area contributed by atoms with Crippen molar-refractivity contribution in [2.45, 2.75) is 37.4 Å². The standard InChI is InChI=1S/C16H18N2O3S3/c1-10(8-13-6-7-22-9-13)18-24(19,20)15-5-4-14(23-15)16-11(2)17-21-12(16)3/h4-7,9-10,18H,8H2,1-3H3. The summed E-state index contributed by atoms with van der Waals surface area (Å²) in [5, 5.41) is 7.95. The van der Waals surface area contributed by atoms with Crippen molar-refractivity contribution in [1.29, 1.82) is 0 Å². The minimum Gasteiger partial charge on any atom is -0.361 e. The maximum absolute atomic E-state index is 12.6. The predicted molar refractivity (Wildman–Crippen MR) is 97.1 cm³/mol. The lowest BCUT2D eigenvalue weighted by Gasteiger charge is -2.12. The van der Waals surface area contributed by atoms with Gasteiger partial charge in [-0.2, -0.15) is 11.3 Å². The van der Waals surface area contributed by atoms with Crippen LogP contribution in [-0.2, 0) is 16.4 Å². The number of aryl methyl sites for hydroxylation is 2. The number of hydrogen-bond donors (Lipinski definition) is 1. The molecule has 1 unspecified atom stereocenters. The van der Waals surface area contributed by atoms with E-state index in [1.54, 1.807) is 23.5 Å². The van der Waals surface area contributed by atoms with Gasteiger partial charge in [-0.15, -0.1) is 11.3 Å². The normalized spacial score (nSPS) is 13.3. The Hall–Kier alpha value is -1.48. The summed E-state index contributed by atoms with van der Waals surface area (Å²) in [5.41, 5.74) is 2.77. The fraction of sp³-hybridized carbons (Fsp3) is 0.312. The van der Waals surface area contributed by atoms with Gasteiger partial charge < -0.3 is 4.52 Å². The van der Waals surface area contributed by atoms with Crippen molar-refractivity contribution >= 4 is 32.7 Å². The van der Waals surface area contributed by atoms with Crippen molar-refractivity contribution in [3.05, 3.63) is 46.0 Å². The SMILES string of the molecule is Cc1noc(C)c1-c1ccc(S(=O)(=O)NC(C)Cc2ccsc2)s1. The van der Waals surface area contributed by atoms with Crippen LogP contribution in [0.25, 0.3) is 10.4 Å². The van der Waals surface area contributed by atoms with Crippen LogP contribution in [0.4, 0.5) is 0 Å². The second-order valence-electron chi connectivity index (χ2n) is 5.68. The van der Waals surface area contributed by atoms with Crippen LogP contribution in [0.1, 0.15) is 23.9 Å². The second-order valence-corrected chi connectivity index (χ2v) is 9.48. The van der Waals surface area contributed by atoms with Gasteiger partial charge in [0.25, 0.3) is 0 Å². The molecule has 0 aliphatic heterocycles. The lowest BCUT2D eigenvalue weighted by molar-refractivity contribution is 0.393. The van der Waals surface area contributed by atoms with Gasteiger partial charge in [0, 0.05) is 10.9 Å². The highest BCUT2D eigenvalue weighted by atomic mass is 32.2. The molecule has 5 nitrogen and oxygen atoms in total. The number of nitrogens with one attached hydrogen (secondary N) is 1. The Balaban J connectivity index is 1.78. The number of aromatic nitrogens is 1. The largest absolute Gasteiger partial charge is 0.361 e. The molecule has 8 heteroatoms. The summed E-state index contributed by atoms with van der Waals surface area (Å²) in [6, 6.07) is 5.27. The zero-order chi connectivity index (χ0) is 17.3. The number of thiophene rings is 2. The molecule has 1 atom stereocenters. The molecule has 3 aromatic rings. The van der Waals surface area contributed by atoms with Crippen LogP contribution in [0.5, 0.6) is 0 Å². The topological polar surface area (TPSA) is 72.2 Å². The van der Waals surface area contributed by atoms with E-state index in [1.165, 1.54) is 11.3 Å². The smallest absolute Gasteiger partial charge is 0.250 e. The molecule has 0 amide bonds. The average molecular weight is 383 g/mol. The first kappa shape index (κ1) is 17.3. The number of sulfonamides is 1. The quantitative estimate of drug-likeness (QED) is 0.700. The molecule has 0 saturated carbocycles. The zero-order valence-electron chi connectivity index (χ0n) is 13.6. The van der Waals surface area contributed by atoms with Gasteiger partial charge in [0.2, 0.25) is 10.0 Å². The summed E-state index contributed by atoms with van der Waals surface area (Å²) in [5.74, 6) is 0.692. The first-order chi connectivity index (χ1) is 11.4. The van der Waals surface area contributed by atoms with Gasteiger partial charge in [0.05, 0.1) is 11.3 Å². The van der Waals surface area contributed by atoms with E-state index < -0.39 is 10.0 Å². The molecule has 128 valence electrons. The Labute approximate surface area is 149 Å². The van der Waals surface area contributed by atoms with Gasteiger partial charge in [-0.3, -0.25) is 0 Å². The molecule has 3 rings (SSSR count). The van der Waals surface area contributed by atoms with Gasteiger partial charge in [0.1, 0.15) is 9.97 Å². The summed E-state index contributed by atoms with van der Waals surface area (Å²) in [6.45, 7) is 5.54. The minimum atomic E-state index is -3.54. The van der Waals surface area contributed by atoms with Gasteiger partial charge >= 0.3 is 0 Å². The maximum Gasteiger partial charge on any atom is 0.250 e. The van der Waals surface area contributed by atoms with E-state index in [2.05, 4.69) is 9.88 Å². The van der Waals surface area contributed by atoms with Crippen LogP contribution < -0.4 is 4.72 Å². The second kappa shape index (κ2) is 6.79. The highest BCUT2D eigenvalue weighted by Crippen LogP contribution is 2.34. The summed E-state index contributed by atoms with van der Waals surface area (Å²) in [4.78, 5) is 0.845. The van der Waals surface area contributed by atoms with Crippen molar-refractivity contribution in [2.24, 2.45) is 0 Å². The van der Waals surface area contributed by atoms with E-state index in [4.69, 9.17) is 4.52 Å². The number of rotatable bonds is 6. The van der Waals surface area contributed by atoms with Crippen LogP contribution in [0.15, 0.2) is 37.7 Å². The fourth-order valence-corrected chi connectivity index (χ4v) is 5.95. The van der Waals surface area contributed by atoms with E-state index in [-0.39, 0.29) is 6.04 Å². The van der Waals surface area contributed by atoms with Crippen molar-refractivity contribution in [1.82, 2.24) is 9.88 Å². The Morgan fingerprint density at radius 2 is 2.08 bits per heavy atom. The molecular formula is C16H18N2O3S3. The first-order valence-corrected chi connectivity index (χ1v) is 10.7. The summed E-state index contributed by atoms with van der Waals surface area (Å²) >= 11 is 2.84. The van der Waals surface area contributed by atoms with Gasteiger partial charge in [-0.25, -0.2) is 13.1 Å². The van der Waals surface area contributed by atoms with Gasteiger partial charge in [-0.1, -0.05) is 5.16 Å². The third kappa shape index (κ3) is 3.61. The van der Waals surface area contributed by atoms with E-state index >= 15 is 0 Å². The van der Waals surface area contributed by atoms with Crippen LogP contribution in [0.3, 0.4) is 0 Å². The molecule has 0 aliphatic rings. The predicted octanol–water partition coefficient (Wildman–Crippen LogP) is 3.99. The lowest BCUT2D eigenvalue weighted by atomic mass is 10.1. The summed E-state index contributed by atoms with van der Waals surface area (Å²) in [6.07, 6.45) is 0.671. The molecule has 0 fully saturated rings. The maximum atomic E-state index is 12.6. The van der Waals surface area contributed by atoms with E-state index in [9.17, 15) is 8.42 Å². The van der Waals surface area contributed by atoms with Crippen LogP contribution >= 0.6 is 22.7 Å². The molecule has 24 heavy (non-hydrogen) atoms. The van der Waals surface area contributed by atoms with E-state index in [1.807, 2.05) is 37.6 Å². The summed E-state index contributed by atoms with van der Waals surface area (Å²) in [7, 11) is -3.54. The molecule has 0 spiro atoms. The minimum absolute atomic E-state index is 0.172. The molecule has 3 aromatic heterocycles. The van der Waals surface area contributed by atoms with E-state index in [0.717, 1.165) is 21.7 Å². The molecule has 1 N–H and O–H groups in total. The number of nitrogens with zero attached hydrogens (tertiary/aromatic N) is 1. The Morgan fingerprint density at radius 1 is 1.29 bits per heavy atom. The Kier molecular flexibility index (Phi) is 4.91. The molecule has 0 radical (unpaired) electrons. The highest BCUT2D eigenvalue weighted by molar-refractivity contribution is 7.91.